The first-order chi connectivity index (χ1) is 11.7. The van der Waals surface area contributed by atoms with Crippen LogP contribution in [0.3, 0.4) is 0 Å². The molecule has 0 radical (unpaired) electrons. The van der Waals surface area contributed by atoms with Gasteiger partial charge in [-0.2, -0.15) is 0 Å². The molecule has 0 saturated carbocycles. The minimum atomic E-state index is -0.610. The Morgan fingerprint density at radius 1 is 1.00 bits per heavy atom. The SMILES string of the molecule is CCN(CC)c1nc(-c2c(F)cccc2F)c(-c2ccncc2)s1. The zero-order valence-corrected chi connectivity index (χ0v) is 14.3. The van der Waals surface area contributed by atoms with Crippen LogP contribution >= 0.6 is 11.3 Å². The number of rotatable bonds is 5. The molecule has 2 heterocycles. The first-order valence-electron chi connectivity index (χ1n) is 7.76. The molecule has 1 aromatic carbocycles. The van der Waals surface area contributed by atoms with Gasteiger partial charge < -0.3 is 4.90 Å². The third-order valence-electron chi connectivity index (χ3n) is 3.79. The van der Waals surface area contributed by atoms with Gasteiger partial charge in [0.15, 0.2) is 5.13 Å². The number of anilines is 1. The van der Waals surface area contributed by atoms with Crippen molar-refractivity contribution in [2.75, 3.05) is 18.0 Å². The van der Waals surface area contributed by atoms with Crippen molar-refractivity contribution in [1.29, 1.82) is 0 Å². The van der Waals surface area contributed by atoms with Crippen LogP contribution in [0.2, 0.25) is 0 Å². The van der Waals surface area contributed by atoms with Crippen LogP contribution in [0.5, 0.6) is 0 Å². The second-order valence-electron chi connectivity index (χ2n) is 5.18. The topological polar surface area (TPSA) is 29.0 Å². The first-order valence-corrected chi connectivity index (χ1v) is 8.57. The molecule has 0 aliphatic carbocycles. The van der Waals surface area contributed by atoms with Crippen LogP contribution in [0.1, 0.15) is 13.8 Å². The summed E-state index contributed by atoms with van der Waals surface area (Å²) in [6.07, 6.45) is 3.32. The van der Waals surface area contributed by atoms with Gasteiger partial charge in [-0.05, 0) is 43.7 Å². The number of benzene rings is 1. The fraction of sp³-hybridized carbons (Fsp3) is 0.222. The Bertz CT molecular complexity index is 809. The van der Waals surface area contributed by atoms with Crippen molar-refractivity contribution in [3.05, 3.63) is 54.4 Å². The van der Waals surface area contributed by atoms with E-state index in [1.165, 1.54) is 29.5 Å². The van der Waals surface area contributed by atoms with Crippen LogP contribution in [0.15, 0.2) is 42.7 Å². The lowest BCUT2D eigenvalue weighted by Gasteiger charge is -2.16. The van der Waals surface area contributed by atoms with Gasteiger partial charge in [0.05, 0.1) is 16.1 Å². The van der Waals surface area contributed by atoms with E-state index < -0.39 is 11.6 Å². The standard InChI is InChI=1S/C18H17F2N3S/c1-3-23(4-2)18-22-16(15-13(19)6-5-7-14(15)20)17(24-18)12-8-10-21-11-9-12/h5-11H,3-4H2,1-2H3. The van der Waals surface area contributed by atoms with E-state index in [0.717, 1.165) is 28.7 Å². The number of hydrogen-bond acceptors (Lipinski definition) is 4. The Hall–Kier alpha value is -2.34. The molecule has 6 heteroatoms. The highest BCUT2D eigenvalue weighted by molar-refractivity contribution is 7.19. The van der Waals surface area contributed by atoms with Crippen molar-refractivity contribution in [3.63, 3.8) is 0 Å². The highest BCUT2D eigenvalue weighted by Gasteiger charge is 2.22. The van der Waals surface area contributed by atoms with E-state index in [4.69, 9.17) is 0 Å². The second-order valence-corrected chi connectivity index (χ2v) is 6.16. The maximum atomic E-state index is 14.3. The molecule has 24 heavy (non-hydrogen) atoms. The summed E-state index contributed by atoms with van der Waals surface area (Å²) in [4.78, 5) is 11.4. The molecule has 0 unspecified atom stereocenters. The monoisotopic (exact) mass is 345 g/mol. The molecule has 0 bridgehead atoms. The lowest BCUT2D eigenvalue weighted by Crippen LogP contribution is -2.21. The van der Waals surface area contributed by atoms with Crippen LogP contribution in [0.4, 0.5) is 13.9 Å². The van der Waals surface area contributed by atoms with Crippen LogP contribution < -0.4 is 4.90 Å². The summed E-state index contributed by atoms with van der Waals surface area (Å²) in [6, 6.07) is 7.51. The summed E-state index contributed by atoms with van der Waals surface area (Å²) in [6.45, 7) is 5.61. The number of aromatic nitrogens is 2. The summed E-state index contributed by atoms with van der Waals surface area (Å²) < 4.78 is 28.6. The predicted octanol–water partition coefficient (Wildman–Crippen LogP) is 5.00. The van der Waals surface area contributed by atoms with Crippen molar-refractivity contribution >= 4 is 16.5 Å². The number of hydrogen-bond donors (Lipinski definition) is 0. The van der Waals surface area contributed by atoms with Crippen molar-refractivity contribution in [2.24, 2.45) is 0 Å². The van der Waals surface area contributed by atoms with Gasteiger partial charge in [0.2, 0.25) is 0 Å². The first kappa shape index (κ1) is 16.5. The molecule has 0 spiro atoms. The molecule has 0 aliphatic rings. The van der Waals surface area contributed by atoms with Gasteiger partial charge in [-0.25, -0.2) is 13.8 Å². The van der Waals surface area contributed by atoms with E-state index in [9.17, 15) is 8.78 Å². The molecule has 2 aromatic heterocycles. The number of nitrogens with zero attached hydrogens (tertiary/aromatic N) is 3. The van der Waals surface area contributed by atoms with Crippen LogP contribution in [0.25, 0.3) is 21.7 Å². The third-order valence-corrected chi connectivity index (χ3v) is 4.96. The van der Waals surface area contributed by atoms with E-state index in [0.29, 0.717) is 5.69 Å². The normalized spacial score (nSPS) is 10.8. The van der Waals surface area contributed by atoms with E-state index in [-0.39, 0.29) is 5.56 Å². The van der Waals surface area contributed by atoms with E-state index in [2.05, 4.69) is 14.9 Å². The lowest BCUT2D eigenvalue weighted by molar-refractivity contribution is 0.589. The zero-order valence-electron chi connectivity index (χ0n) is 13.5. The fourth-order valence-electron chi connectivity index (χ4n) is 2.53. The van der Waals surface area contributed by atoms with Gasteiger partial charge >= 0.3 is 0 Å². The minimum Gasteiger partial charge on any atom is -0.349 e. The highest BCUT2D eigenvalue weighted by atomic mass is 32.1. The van der Waals surface area contributed by atoms with Gasteiger partial charge in [0.25, 0.3) is 0 Å². The number of halogens is 2. The molecule has 0 amide bonds. The van der Waals surface area contributed by atoms with Crippen LogP contribution in [0, 0.1) is 11.6 Å². The fourth-order valence-corrected chi connectivity index (χ4v) is 3.74. The molecule has 0 aliphatic heterocycles. The second kappa shape index (κ2) is 7.05. The molecule has 0 N–H and O–H groups in total. The summed E-state index contributed by atoms with van der Waals surface area (Å²) in [5.41, 5.74) is 1.10. The Balaban J connectivity index is 2.24. The Labute approximate surface area is 143 Å². The Kier molecular flexibility index (Phi) is 4.85. The molecule has 3 aromatic rings. The molecule has 0 atom stereocenters. The molecular weight excluding hydrogens is 328 g/mol. The van der Waals surface area contributed by atoms with Gasteiger partial charge in [0, 0.05) is 25.5 Å². The lowest BCUT2D eigenvalue weighted by atomic mass is 10.1. The van der Waals surface area contributed by atoms with Crippen molar-refractivity contribution in [3.8, 4) is 21.7 Å². The average molecular weight is 345 g/mol. The molecule has 0 fully saturated rings. The maximum absolute atomic E-state index is 14.3. The van der Waals surface area contributed by atoms with Gasteiger partial charge in [-0.1, -0.05) is 17.4 Å². The summed E-state index contributed by atoms with van der Waals surface area (Å²) in [5, 5.41) is 0.754. The van der Waals surface area contributed by atoms with Crippen molar-refractivity contribution < 1.29 is 8.78 Å². The highest BCUT2D eigenvalue weighted by Crippen LogP contribution is 2.41. The van der Waals surface area contributed by atoms with Crippen LogP contribution in [-0.4, -0.2) is 23.1 Å². The molecule has 0 saturated heterocycles. The average Bonchev–Trinajstić information content (AvgIpc) is 3.01. The minimum absolute atomic E-state index is 0.0843. The molecule has 124 valence electrons. The quantitative estimate of drug-likeness (QED) is 0.652. The summed E-state index contributed by atoms with van der Waals surface area (Å²) in [5.74, 6) is -1.22. The van der Waals surface area contributed by atoms with Gasteiger partial charge in [0.1, 0.15) is 11.6 Å². The van der Waals surface area contributed by atoms with Crippen molar-refractivity contribution in [1.82, 2.24) is 9.97 Å². The van der Waals surface area contributed by atoms with Crippen molar-refractivity contribution in [2.45, 2.75) is 13.8 Å². The number of pyridine rings is 1. The van der Waals surface area contributed by atoms with Crippen LogP contribution in [-0.2, 0) is 0 Å². The predicted molar refractivity (Wildman–Crippen MR) is 94.3 cm³/mol. The number of thiazole rings is 1. The van der Waals surface area contributed by atoms with Gasteiger partial charge in [-0.15, -0.1) is 0 Å². The molecular formula is C18H17F2N3S. The summed E-state index contributed by atoms with van der Waals surface area (Å²) >= 11 is 1.44. The maximum Gasteiger partial charge on any atom is 0.186 e. The van der Waals surface area contributed by atoms with Gasteiger partial charge in [-0.3, -0.25) is 4.98 Å². The Morgan fingerprint density at radius 2 is 1.62 bits per heavy atom. The molecule has 3 nitrogen and oxygen atoms in total. The zero-order chi connectivity index (χ0) is 17.1. The Morgan fingerprint density at radius 3 is 2.21 bits per heavy atom. The molecule has 3 rings (SSSR count). The smallest absolute Gasteiger partial charge is 0.186 e. The summed E-state index contributed by atoms with van der Waals surface area (Å²) in [7, 11) is 0. The third kappa shape index (κ3) is 3.01. The van der Waals surface area contributed by atoms with E-state index in [1.807, 2.05) is 26.0 Å². The largest absolute Gasteiger partial charge is 0.349 e. The van der Waals surface area contributed by atoms with E-state index >= 15 is 0 Å². The van der Waals surface area contributed by atoms with E-state index in [1.54, 1.807) is 12.4 Å².